The van der Waals surface area contributed by atoms with Gasteiger partial charge in [-0.1, -0.05) is 44.7 Å². The van der Waals surface area contributed by atoms with Gasteiger partial charge in [0.1, 0.15) is 5.70 Å². The Morgan fingerprint density at radius 1 is 1.38 bits per heavy atom. The molecule has 0 saturated heterocycles. The smallest absolute Gasteiger partial charge is 0.356 e. The van der Waals surface area contributed by atoms with Crippen molar-refractivity contribution in [2.24, 2.45) is 11.1 Å². The summed E-state index contributed by atoms with van der Waals surface area (Å²) in [6, 6.07) is 7.98. The van der Waals surface area contributed by atoms with E-state index in [4.69, 9.17) is 15.2 Å². The van der Waals surface area contributed by atoms with E-state index in [9.17, 15) is 4.79 Å². The number of carbonyl (C=O) groups is 1. The molecule has 1 aromatic rings. The van der Waals surface area contributed by atoms with Crippen molar-refractivity contribution in [3.05, 3.63) is 60.1 Å². The normalized spacial score (nSPS) is 21.9. The molecule has 24 heavy (non-hydrogen) atoms. The van der Waals surface area contributed by atoms with Crippen molar-refractivity contribution in [1.82, 2.24) is 4.90 Å². The lowest BCUT2D eigenvalue weighted by atomic mass is 9.82. The number of rotatable bonds is 6. The maximum atomic E-state index is 12.1. The molecule has 1 aliphatic carbocycles. The van der Waals surface area contributed by atoms with E-state index in [1.807, 2.05) is 19.1 Å². The maximum Gasteiger partial charge on any atom is 0.356 e. The van der Waals surface area contributed by atoms with Gasteiger partial charge in [-0.25, -0.2) is 4.79 Å². The molecule has 0 aromatic heterocycles. The Morgan fingerprint density at radius 3 is 2.50 bits per heavy atom. The molecule has 2 atom stereocenters. The van der Waals surface area contributed by atoms with Gasteiger partial charge in [-0.3, -0.25) is 0 Å². The zero-order valence-corrected chi connectivity index (χ0v) is 14.8. The van der Waals surface area contributed by atoms with E-state index < -0.39 is 5.97 Å². The zero-order valence-electron chi connectivity index (χ0n) is 14.8. The molecule has 1 aliphatic rings. The Bertz CT molecular complexity index is 652. The third-order valence-corrected chi connectivity index (χ3v) is 4.59. The van der Waals surface area contributed by atoms with E-state index >= 15 is 0 Å². The van der Waals surface area contributed by atoms with Crippen LogP contribution in [0.1, 0.15) is 44.0 Å². The first-order valence-electron chi connectivity index (χ1n) is 8.05. The fraction of sp³-hybridized carbons (Fsp3) is 0.421. The molecule has 0 heterocycles. The van der Waals surface area contributed by atoms with E-state index in [-0.39, 0.29) is 23.3 Å². The lowest BCUT2D eigenvalue weighted by molar-refractivity contribution is -0.138. The van der Waals surface area contributed by atoms with E-state index in [1.54, 1.807) is 11.1 Å². The minimum atomic E-state index is -0.495. The highest BCUT2D eigenvalue weighted by Crippen LogP contribution is 2.57. The lowest BCUT2D eigenvalue weighted by Crippen LogP contribution is -2.36. The zero-order chi connectivity index (χ0) is 17.9. The second-order valence-corrected chi connectivity index (χ2v) is 6.32. The quantitative estimate of drug-likeness (QED) is 0.640. The van der Waals surface area contributed by atoms with Crippen LogP contribution in [0.2, 0.25) is 0 Å². The summed E-state index contributed by atoms with van der Waals surface area (Å²) < 4.78 is 10.9. The van der Waals surface area contributed by atoms with Crippen molar-refractivity contribution in [1.29, 1.82) is 0 Å². The first-order chi connectivity index (χ1) is 11.4. The Balaban J connectivity index is 2.58. The van der Waals surface area contributed by atoms with E-state index in [1.165, 1.54) is 13.3 Å². The molecule has 0 aliphatic heterocycles. The third-order valence-electron chi connectivity index (χ3n) is 4.59. The number of methoxy groups -OCH3 is 1. The van der Waals surface area contributed by atoms with Gasteiger partial charge in [0.2, 0.25) is 0 Å². The van der Waals surface area contributed by atoms with E-state index in [2.05, 4.69) is 32.6 Å². The molecule has 2 unspecified atom stereocenters. The molecular formula is C19H26N2O3. The lowest BCUT2D eigenvalue weighted by Gasteiger charge is -2.39. The number of hydrogen-bond acceptors (Lipinski definition) is 5. The summed E-state index contributed by atoms with van der Waals surface area (Å²) >= 11 is 0. The van der Waals surface area contributed by atoms with Crippen LogP contribution in [0.5, 0.6) is 0 Å². The molecule has 0 saturated carbocycles. The number of nitrogens with zero attached hydrogens (tertiary/aromatic N) is 1. The monoisotopic (exact) mass is 330 g/mol. The molecule has 0 radical (unpaired) electrons. The van der Waals surface area contributed by atoms with Gasteiger partial charge in [0.05, 0.1) is 19.3 Å². The van der Waals surface area contributed by atoms with Crippen LogP contribution < -0.4 is 5.73 Å². The average molecular weight is 330 g/mol. The summed E-state index contributed by atoms with van der Waals surface area (Å²) in [5, 5.41) is 0. The molecule has 0 spiro atoms. The first kappa shape index (κ1) is 18.1. The van der Waals surface area contributed by atoms with Gasteiger partial charge in [0, 0.05) is 18.2 Å². The third kappa shape index (κ3) is 2.80. The van der Waals surface area contributed by atoms with E-state index in [0.717, 1.165) is 11.1 Å². The first-order valence-corrected chi connectivity index (χ1v) is 8.05. The largest absolute Gasteiger partial charge is 0.464 e. The molecule has 0 amide bonds. The average Bonchev–Trinajstić information content (AvgIpc) is 2.80. The van der Waals surface area contributed by atoms with Crippen LogP contribution in [0, 0.1) is 5.41 Å². The number of benzene rings is 1. The SMILES string of the molecule is C=CN(/C(=C\N)C(=O)OC)C1c2ccccc2C(OCC)C1(C)C. The molecule has 130 valence electrons. The van der Waals surface area contributed by atoms with Crippen LogP contribution in [-0.2, 0) is 14.3 Å². The van der Waals surface area contributed by atoms with Gasteiger partial charge in [0.25, 0.3) is 0 Å². The number of fused-ring (bicyclic) bond motifs is 1. The Labute approximate surface area is 143 Å². The van der Waals surface area contributed by atoms with Crippen LogP contribution in [-0.4, -0.2) is 24.6 Å². The van der Waals surface area contributed by atoms with E-state index in [0.29, 0.717) is 6.61 Å². The maximum absolute atomic E-state index is 12.1. The van der Waals surface area contributed by atoms with Crippen molar-refractivity contribution >= 4 is 5.97 Å². The number of nitrogens with two attached hydrogens (primary N) is 1. The summed E-state index contributed by atoms with van der Waals surface area (Å²) in [6.07, 6.45) is 2.80. The van der Waals surface area contributed by atoms with Crippen LogP contribution in [0.15, 0.2) is 48.9 Å². The molecule has 1 aromatic carbocycles. The topological polar surface area (TPSA) is 64.8 Å². The summed E-state index contributed by atoms with van der Waals surface area (Å²) in [6.45, 7) is 10.7. The van der Waals surface area contributed by atoms with Crippen LogP contribution >= 0.6 is 0 Å². The summed E-state index contributed by atoms with van der Waals surface area (Å²) in [4.78, 5) is 13.9. The van der Waals surface area contributed by atoms with Crippen molar-refractivity contribution in [3.63, 3.8) is 0 Å². The highest BCUT2D eigenvalue weighted by molar-refractivity contribution is 5.88. The highest BCUT2D eigenvalue weighted by atomic mass is 16.5. The van der Waals surface area contributed by atoms with Crippen molar-refractivity contribution < 1.29 is 14.3 Å². The Kier molecular flexibility index (Phi) is 5.34. The number of hydrogen-bond donors (Lipinski definition) is 1. The minimum Gasteiger partial charge on any atom is -0.464 e. The standard InChI is InChI=1S/C19H26N2O3/c1-6-21(15(12-20)18(22)23-5)16-13-10-8-9-11-14(13)17(24-7-2)19(16,3)4/h6,8-12,16-17H,1,7,20H2,2-5H3/b15-12-. The molecule has 5 heteroatoms. The van der Waals surface area contributed by atoms with Gasteiger partial charge in [-0.2, -0.15) is 0 Å². The number of ether oxygens (including phenoxy) is 2. The molecule has 2 rings (SSSR count). The summed E-state index contributed by atoms with van der Waals surface area (Å²) in [5.41, 5.74) is 7.91. The van der Waals surface area contributed by atoms with Crippen LogP contribution in [0.3, 0.4) is 0 Å². The van der Waals surface area contributed by atoms with Gasteiger partial charge in [-0.15, -0.1) is 0 Å². The highest BCUT2D eigenvalue weighted by Gasteiger charge is 2.50. The van der Waals surface area contributed by atoms with Gasteiger partial charge in [0.15, 0.2) is 0 Å². The van der Waals surface area contributed by atoms with Crippen LogP contribution in [0.25, 0.3) is 0 Å². The van der Waals surface area contributed by atoms with Gasteiger partial charge < -0.3 is 20.1 Å². The molecule has 2 N–H and O–H groups in total. The summed E-state index contributed by atoms with van der Waals surface area (Å²) in [5.74, 6) is -0.495. The Morgan fingerprint density at radius 2 is 2.00 bits per heavy atom. The van der Waals surface area contributed by atoms with Crippen LogP contribution in [0.4, 0.5) is 0 Å². The minimum absolute atomic E-state index is 0.0807. The fourth-order valence-corrected chi connectivity index (χ4v) is 3.63. The molecule has 0 fully saturated rings. The molecule has 5 nitrogen and oxygen atoms in total. The second kappa shape index (κ2) is 7.09. The Hall–Kier alpha value is -2.27. The van der Waals surface area contributed by atoms with Gasteiger partial charge in [-0.05, 0) is 24.3 Å². The fourth-order valence-electron chi connectivity index (χ4n) is 3.63. The van der Waals surface area contributed by atoms with Crippen molar-refractivity contribution in [3.8, 4) is 0 Å². The molecular weight excluding hydrogens is 304 g/mol. The van der Waals surface area contributed by atoms with Gasteiger partial charge >= 0.3 is 5.97 Å². The predicted octanol–water partition coefficient (Wildman–Crippen LogP) is 3.26. The molecule has 0 bridgehead atoms. The number of esters is 1. The summed E-state index contributed by atoms with van der Waals surface area (Å²) in [7, 11) is 1.34. The van der Waals surface area contributed by atoms with Crippen molar-refractivity contribution in [2.45, 2.75) is 32.9 Å². The number of carbonyl (C=O) groups excluding carboxylic acids is 1. The second-order valence-electron chi connectivity index (χ2n) is 6.32. The van der Waals surface area contributed by atoms with Crippen molar-refractivity contribution in [2.75, 3.05) is 13.7 Å². The predicted molar refractivity (Wildman–Crippen MR) is 93.7 cm³/mol.